The zero-order valence-electron chi connectivity index (χ0n) is 17.5. The molecule has 0 saturated carbocycles. The Morgan fingerprint density at radius 2 is 1.90 bits per heavy atom. The van der Waals surface area contributed by atoms with Crippen molar-refractivity contribution in [2.24, 2.45) is 18.7 Å². The van der Waals surface area contributed by atoms with E-state index in [1.807, 2.05) is 11.6 Å². The third-order valence-electron chi connectivity index (χ3n) is 5.35. The summed E-state index contributed by atoms with van der Waals surface area (Å²) in [5, 5.41) is 9.26. The average molecular weight is 416 g/mol. The van der Waals surface area contributed by atoms with Crippen LogP contribution in [-0.2, 0) is 22.1 Å². The van der Waals surface area contributed by atoms with Gasteiger partial charge in [-0.2, -0.15) is 0 Å². The maximum atomic E-state index is 12.6. The van der Waals surface area contributed by atoms with Crippen molar-refractivity contribution < 1.29 is 9.59 Å². The van der Waals surface area contributed by atoms with E-state index in [-0.39, 0.29) is 28.9 Å². The Bertz CT molecular complexity index is 885. The van der Waals surface area contributed by atoms with Gasteiger partial charge in [-0.3, -0.25) is 9.59 Å². The molecule has 2 N–H and O–H groups in total. The minimum atomic E-state index is -0.328. The van der Waals surface area contributed by atoms with Crippen LogP contribution in [0.5, 0.6) is 0 Å². The van der Waals surface area contributed by atoms with Crippen LogP contribution in [0.15, 0.2) is 29.4 Å². The van der Waals surface area contributed by atoms with Crippen molar-refractivity contribution in [3.8, 4) is 11.4 Å². The molecule has 1 aromatic heterocycles. The predicted molar refractivity (Wildman–Crippen MR) is 114 cm³/mol. The summed E-state index contributed by atoms with van der Waals surface area (Å²) in [7, 11) is 1.91. The van der Waals surface area contributed by atoms with Gasteiger partial charge in [-0.15, -0.1) is 10.2 Å². The van der Waals surface area contributed by atoms with E-state index in [4.69, 9.17) is 5.73 Å². The van der Waals surface area contributed by atoms with E-state index in [1.54, 1.807) is 4.90 Å². The fraction of sp³-hybridized carbons (Fsp3) is 0.524. The van der Waals surface area contributed by atoms with E-state index in [9.17, 15) is 9.59 Å². The SMILES string of the molecule is Cn1c(SCC(=O)N2CCC[C@H](C(N)=O)C2)nnc1-c1ccc(C(C)(C)C)cc1. The number of rotatable bonds is 5. The number of likely N-dealkylation sites (tertiary alicyclic amines) is 1. The van der Waals surface area contributed by atoms with Gasteiger partial charge in [0.2, 0.25) is 11.8 Å². The highest BCUT2D eigenvalue weighted by Crippen LogP contribution is 2.27. The summed E-state index contributed by atoms with van der Waals surface area (Å²) in [6, 6.07) is 8.35. The number of amides is 2. The molecule has 0 bridgehead atoms. The van der Waals surface area contributed by atoms with Gasteiger partial charge in [-0.05, 0) is 23.8 Å². The van der Waals surface area contributed by atoms with Gasteiger partial charge in [0.05, 0.1) is 11.7 Å². The first-order valence-corrected chi connectivity index (χ1v) is 10.9. The molecule has 1 aliphatic rings. The summed E-state index contributed by atoms with van der Waals surface area (Å²) in [4.78, 5) is 25.7. The fourth-order valence-corrected chi connectivity index (χ4v) is 4.28. The first-order valence-electron chi connectivity index (χ1n) is 9.87. The van der Waals surface area contributed by atoms with Crippen molar-refractivity contribution in [3.63, 3.8) is 0 Å². The highest BCUT2D eigenvalue weighted by atomic mass is 32.2. The van der Waals surface area contributed by atoms with Crippen molar-refractivity contribution >= 4 is 23.6 Å². The second-order valence-electron chi connectivity index (χ2n) is 8.56. The number of nitrogens with two attached hydrogens (primary N) is 1. The molecule has 1 fully saturated rings. The van der Waals surface area contributed by atoms with Crippen molar-refractivity contribution in [1.29, 1.82) is 0 Å². The molecule has 0 radical (unpaired) electrons. The van der Waals surface area contributed by atoms with E-state index < -0.39 is 0 Å². The minimum absolute atomic E-state index is 0.0000279. The molecule has 0 unspecified atom stereocenters. The molecule has 1 aliphatic heterocycles. The first kappa shape index (κ1) is 21.4. The van der Waals surface area contributed by atoms with Gasteiger partial charge in [0.25, 0.3) is 0 Å². The first-order chi connectivity index (χ1) is 13.7. The third-order valence-corrected chi connectivity index (χ3v) is 6.35. The van der Waals surface area contributed by atoms with E-state index in [0.717, 1.165) is 24.2 Å². The fourth-order valence-electron chi connectivity index (χ4n) is 3.46. The van der Waals surface area contributed by atoms with E-state index in [0.29, 0.717) is 18.2 Å². The number of piperidine rings is 1. The topological polar surface area (TPSA) is 94.1 Å². The standard InChI is InChI=1S/C21H29N5O2S/c1-21(2,3)16-9-7-14(8-10-16)19-23-24-20(25(19)4)29-13-17(27)26-11-5-6-15(12-26)18(22)28/h7-10,15H,5-6,11-13H2,1-4H3,(H2,22,28)/t15-/m0/s1. The third kappa shape index (κ3) is 4.98. The van der Waals surface area contributed by atoms with Crippen LogP contribution in [0.1, 0.15) is 39.2 Å². The Balaban J connectivity index is 1.64. The summed E-state index contributed by atoms with van der Waals surface area (Å²) in [5.41, 5.74) is 7.76. The van der Waals surface area contributed by atoms with Gasteiger partial charge < -0.3 is 15.2 Å². The molecule has 2 amide bonds. The monoisotopic (exact) mass is 415 g/mol. The zero-order valence-corrected chi connectivity index (χ0v) is 18.3. The molecular weight excluding hydrogens is 386 g/mol. The maximum Gasteiger partial charge on any atom is 0.233 e. The van der Waals surface area contributed by atoms with E-state index in [1.165, 1.54) is 17.3 Å². The zero-order chi connectivity index (χ0) is 21.2. The maximum absolute atomic E-state index is 12.6. The number of carbonyl (C=O) groups excluding carboxylic acids is 2. The lowest BCUT2D eigenvalue weighted by Gasteiger charge is -2.31. The second-order valence-corrected chi connectivity index (χ2v) is 9.50. The lowest BCUT2D eigenvalue weighted by molar-refractivity contribution is -0.132. The van der Waals surface area contributed by atoms with Crippen LogP contribution in [0, 0.1) is 5.92 Å². The van der Waals surface area contributed by atoms with Gasteiger partial charge in [0, 0.05) is 25.7 Å². The summed E-state index contributed by atoms with van der Waals surface area (Å²) in [5.74, 6) is 0.466. The predicted octanol–water partition coefficient (Wildman–Crippen LogP) is 2.60. The molecule has 8 heteroatoms. The van der Waals surface area contributed by atoms with E-state index >= 15 is 0 Å². The van der Waals surface area contributed by atoms with Crippen LogP contribution in [0.2, 0.25) is 0 Å². The summed E-state index contributed by atoms with van der Waals surface area (Å²) in [6.07, 6.45) is 1.57. The Morgan fingerprint density at radius 1 is 1.21 bits per heavy atom. The van der Waals surface area contributed by atoms with Crippen molar-refractivity contribution in [2.75, 3.05) is 18.8 Å². The molecule has 29 heavy (non-hydrogen) atoms. The van der Waals surface area contributed by atoms with E-state index in [2.05, 4.69) is 55.2 Å². The number of carbonyl (C=O) groups is 2. The Kier molecular flexibility index (Phi) is 6.31. The van der Waals surface area contributed by atoms with Crippen LogP contribution in [0.4, 0.5) is 0 Å². The molecule has 7 nitrogen and oxygen atoms in total. The highest BCUT2D eigenvalue weighted by Gasteiger charge is 2.27. The normalized spacial score (nSPS) is 17.4. The van der Waals surface area contributed by atoms with Crippen LogP contribution < -0.4 is 5.73 Å². The van der Waals surface area contributed by atoms with Gasteiger partial charge >= 0.3 is 0 Å². The molecule has 1 atom stereocenters. The van der Waals surface area contributed by atoms with Gasteiger partial charge in [-0.25, -0.2) is 0 Å². The number of nitrogens with zero attached hydrogens (tertiary/aromatic N) is 4. The quantitative estimate of drug-likeness (QED) is 0.758. The highest BCUT2D eigenvalue weighted by molar-refractivity contribution is 7.99. The summed E-state index contributed by atoms with van der Waals surface area (Å²) >= 11 is 1.36. The van der Waals surface area contributed by atoms with Gasteiger partial charge in [0.1, 0.15) is 0 Å². The van der Waals surface area contributed by atoms with Crippen LogP contribution in [0.25, 0.3) is 11.4 Å². The Morgan fingerprint density at radius 3 is 2.52 bits per heavy atom. The van der Waals surface area contributed by atoms with Crippen molar-refractivity contribution in [3.05, 3.63) is 29.8 Å². The molecular formula is C21H29N5O2S. The van der Waals surface area contributed by atoms with Crippen LogP contribution >= 0.6 is 11.8 Å². The lowest BCUT2D eigenvalue weighted by Crippen LogP contribution is -2.44. The molecule has 2 heterocycles. The number of hydrogen-bond acceptors (Lipinski definition) is 5. The number of aromatic nitrogens is 3. The summed E-state index contributed by atoms with van der Waals surface area (Å²) < 4.78 is 1.91. The minimum Gasteiger partial charge on any atom is -0.369 e. The van der Waals surface area contributed by atoms with Crippen molar-refractivity contribution in [2.45, 2.75) is 44.2 Å². The van der Waals surface area contributed by atoms with Gasteiger partial charge in [-0.1, -0.05) is 56.8 Å². The number of thioether (sulfide) groups is 1. The number of benzene rings is 1. The molecule has 0 spiro atoms. The molecule has 1 aromatic carbocycles. The molecule has 1 saturated heterocycles. The average Bonchev–Trinajstić information content (AvgIpc) is 3.06. The van der Waals surface area contributed by atoms with Crippen molar-refractivity contribution in [1.82, 2.24) is 19.7 Å². The Labute approximate surface area is 176 Å². The molecule has 2 aromatic rings. The van der Waals surface area contributed by atoms with Crippen LogP contribution in [-0.4, -0.2) is 50.3 Å². The number of hydrogen-bond donors (Lipinski definition) is 1. The smallest absolute Gasteiger partial charge is 0.233 e. The number of primary amides is 1. The lowest BCUT2D eigenvalue weighted by atomic mass is 9.87. The summed E-state index contributed by atoms with van der Waals surface area (Å²) in [6.45, 7) is 7.64. The molecule has 0 aliphatic carbocycles. The second kappa shape index (κ2) is 8.57. The largest absolute Gasteiger partial charge is 0.369 e. The Hall–Kier alpha value is -2.35. The molecule has 156 valence electrons. The van der Waals surface area contributed by atoms with Gasteiger partial charge in [0.15, 0.2) is 11.0 Å². The molecule has 3 rings (SSSR count). The van der Waals surface area contributed by atoms with Crippen LogP contribution in [0.3, 0.4) is 0 Å².